The van der Waals surface area contributed by atoms with Crippen LogP contribution in [0.2, 0.25) is 0 Å². The van der Waals surface area contributed by atoms with E-state index in [9.17, 15) is 4.79 Å². The molecule has 1 heterocycles. The molecule has 0 aliphatic rings. The van der Waals surface area contributed by atoms with E-state index in [-0.39, 0.29) is 5.91 Å². The molecule has 112 valence electrons. The van der Waals surface area contributed by atoms with Gasteiger partial charge in [-0.3, -0.25) is 4.79 Å². The molecule has 6 heteroatoms. The number of methoxy groups -OCH3 is 1. The Kier molecular flexibility index (Phi) is 5.71. The highest BCUT2D eigenvalue weighted by atomic mass is 32.1. The normalized spacial score (nSPS) is 10.4. The summed E-state index contributed by atoms with van der Waals surface area (Å²) in [7, 11) is 1.64. The highest BCUT2D eigenvalue weighted by molar-refractivity contribution is 7.09. The van der Waals surface area contributed by atoms with Crippen molar-refractivity contribution < 1.29 is 9.53 Å². The molecule has 0 atom stereocenters. The predicted octanol–water partition coefficient (Wildman–Crippen LogP) is 1.63. The zero-order valence-corrected chi connectivity index (χ0v) is 12.8. The van der Waals surface area contributed by atoms with Gasteiger partial charge in [-0.05, 0) is 24.6 Å². The summed E-state index contributed by atoms with van der Waals surface area (Å²) in [5, 5.41) is 5.54. The van der Waals surface area contributed by atoms with Crippen LogP contribution in [-0.2, 0) is 12.8 Å². The average molecular weight is 305 g/mol. The van der Waals surface area contributed by atoms with Crippen molar-refractivity contribution in [2.45, 2.75) is 12.8 Å². The molecule has 0 spiro atoms. The van der Waals surface area contributed by atoms with Gasteiger partial charge in [-0.1, -0.05) is 18.2 Å². The summed E-state index contributed by atoms with van der Waals surface area (Å²) < 4.78 is 5.28. The zero-order valence-electron chi connectivity index (χ0n) is 12.0. The molecule has 1 aromatic carbocycles. The smallest absolute Gasteiger partial charge is 0.270 e. The van der Waals surface area contributed by atoms with Crippen LogP contribution in [0.5, 0.6) is 5.75 Å². The molecule has 0 aliphatic heterocycles. The summed E-state index contributed by atoms with van der Waals surface area (Å²) in [5.74, 6) is 0.690. The van der Waals surface area contributed by atoms with E-state index >= 15 is 0 Å². The van der Waals surface area contributed by atoms with Gasteiger partial charge in [0.05, 0.1) is 12.1 Å². The fraction of sp³-hybridized carbons (Fsp3) is 0.333. The van der Waals surface area contributed by atoms with Crippen molar-refractivity contribution in [3.05, 3.63) is 45.9 Å². The van der Waals surface area contributed by atoms with Crippen LogP contribution >= 0.6 is 11.3 Å². The summed E-state index contributed by atoms with van der Waals surface area (Å²) in [6.07, 6.45) is 1.43. The van der Waals surface area contributed by atoms with Crippen molar-refractivity contribution in [1.82, 2.24) is 10.3 Å². The Balaban J connectivity index is 1.86. The van der Waals surface area contributed by atoms with E-state index in [1.165, 1.54) is 11.3 Å². The van der Waals surface area contributed by atoms with Crippen LogP contribution in [0.15, 0.2) is 29.6 Å². The SMILES string of the molecule is COc1ccccc1CCNC(=O)c1csc(CCN)n1. The third kappa shape index (κ3) is 4.27. The van der Waals surface area contributed by atoms with Gasteiger partial charge in [0.1, 0.15) is 11.4 Å². The summed E-state index contributed by atoms with van der Waals surface area (Å²) in [5.41, 5.74) is 7.01. The van der Waals surface area contributed by atoms with Crippen LogP contribution in [0.3, 0.4) is 0 Å². The minimum absolute atomic E-state index is 0.149. The van der Waals surface area contributed by atoms with Crippen LogP contribution in [0.1, 0.15) is 21.1 Å². The van der Waals surface area contributed by atoms with E-state index < -0.39 is 0 Å². The molecule has 21 heavy (non-hydrogen) atoms. The lowest BCUT2D eigenvalue weighted by molar-refractivity contribution is 0.0949. The summed E-state index contributed by atoms with van der Waals surface area (Å²) in [6, 6.07) is 7.79. The van der Waals surface area contributed by atoms with E-state index in [4.69, 9.17) is 10.5 Å². The maximum atomic E-state index is 12.0. The number of hydrogen-bond donors (Lipinski definition) is 2. The first kappa shape index (κ1) is 15.5. The first-order valence-corrected chi connectivity index (χ1v) is 7.67. The van der Waals surface area contributed by atoms with Crippen LogP contribution in [0.4, 0.5) is 0 Å². The standard InChI is InChI=1S/C15H19N3O2S/c1-20-13-5-3-2-4-11(13)7-9-17-15(19)12-10-21-14(18-12)6-8-16/h2-5,10H,6-9,16H2,1H3,(H,17,19). The monoisotopic (exact) mass is 305 g/mol. The Morgan fingerprint density at radius 3 is 2.95 bits per heavy atom. The lowest BCUT2D eigenvalue weighted by Gasteiger charge is -2.08. The van der Waals surface area contributed by atoms with E-state index in [0.717, 1.165) is 22.7 Å². The number of nitrogens with one attached hydrogen (secondary N) is 1. The number of nitrogens with zero attached hydrogens (tertiary/aromatic N) is 1. The second-order valence-corrected chi connectivity index (χ2v) is 5.43. The van der Waals surface area contributed by atoms with E-state index in [1.807, 2.05) is 24.3 Å². The molecule has 0 aliphatic carbocycles. The Morgan fingerprint density at radius 2 is 2.19 bits per heavy atom. The van der Waals surface area contributed by atoms with Crippen LogP contribution in [-0.4, -0.2) is 31.1 Å². The van der Waals surface area contributed by atoms with Gasteiger partial charge in [-0.25, -0.2) is 4.98 Å². The van der Waals surface area contributed by atoms with Crippen molar-refractivity contribution in [3.8, 4) is 5.75 Å². The fourth-order valence-electron chi connectivity index (χ4n) is 1.96. The van der Waals surface area contributed by atoms with Crippen LogP contribution < -0.4 is 15.8 Å². The summed E-state index contributed by atoms with van der Waals surface area (Å²) >= 11 is 1.47. The molecule has 2 aromatic rings. The van der Waals surface area contributed by atoms with Crippen LogP contribution in [0.25, 0.3) is 0 Å². The Bertz CT molecular complexity index is 598. The molecule has 2 rings (SSSR count). The number of nitrogens with two attached hydrogens (primary N) is 1. The number of hydrogen-bond acceptors (Lipinski definition) is 5. The second-order valence-electron chi connectivity index (χ2n) is 4.48. The number of carbonyl (C=O) groups is 1. The number of aromatic nitrogens is 1. The van der Waals surface area contributed by atoms with Gasteiger partial charge >= 0.3 is 0 Å². The van der Waals surface area contributed by atoms with Crippen molar-refractivity contribution in [3.63, 3.8) is 0 Å². The van der Waals surface area contributed by atoms with E-state index in [1.54, 1.807) is 12.5 Å². The molecule has 3 N–H and O–H groups in total. The van der Waals surface area contributed by atoms with Crippen molar-refractivity contribution >= 4 is 17.2 Å². The minimum Gasteiger partial charge on any atom is -0.496 e. The molecule has 5 nitrogen and oxygen atoms in total. The fourth-order valence-corrected chi connectivity index (χ4v) is 2.76. The van der Waals surface area contributed by atoms with Crippen molar-refractivity contribution in [2.75, 3.05) is 20.2 Å². The molecule has 1 amide bonds. The quantitative estimate of drug-likeness (QED) is 0.815. The lowest BCUT2D eigenvalue weighted by Crippen LogP contribution is -2.26. The van der Waals surface area contributed by atoms with Gasteiger partial charge in [-0.2, -0.15) is 0 Å². The molecular formula is C15H19N3O2S. The zero-order chi connectivity index (χ0) is 15.1. The van der Waals surface area contributed by atoms with Crippen molar-refractivity contribution in [1.29, 1.82) is 0 Å². The van der Waals surface area contributed by atoms with Gasteiger partial charge in [0.2, 0.25) is 0 Å². The topological polar surface area (TPSA) is 77.2 Å². The highest BCUT2D eigenvalue weighted by Crippen LogP contribution is 2.17. The molecular weight excluding hydrogens is 286 g/mol. The van der Waals surface area contributed by atoms with Gasteiger partial charge in [0, 0.05) is 18.3 Å². The number of carbonyl (C=O) groups excluding carboxylic acids is 1. The maximum absolute atomic E-state index is 12.0. The Labute approximate surface area is 128 Å². The summed E-state index contributed by atoms with van der Waals surface area (Å²) in [6.45, 7) is 1.09. The van der Waals surface area contributed by atoms with Gasteiger partial charge in [-0.15, -0.1) is 11.3 Å². The largest absolute Gasteiger partial charge is 0.496 e. The molecule has 0 fully saturated rings. The number of rotatable bonds is 7. The van der Waals surface area contributed by atoms with Crippen LogP contribution in [0, 0.1) is 0 Å². The minimum atomic E-state index is -0.149. The third-order valence-electron chi connectivity index (χ3n) is 3.02. The number of para-hydroxylation sites is 1. The van der Waals surface area contributed by atoms with E-state index in [2.05, 4.69) is 10.3 Å². The second kappa shape index (κ2) is 7.75. The Morgan fingerprint density at radius 1 is 1.38 bits per heavy atom. The number of thiazole rings is 1. The average Bonchev–Trinajstić information content (AvgIpc) is 2.97. The molecule has 0 unspecified atom stereocenters. The Hall–Kier alpha value is -1.92. The number of amides is 1. The molecule has 0 saturated heterocycles. The molecule has 1 aromatic heterocycles. The molecule has 0 radical (unpaired) electrons. The molecule has 0 saturated carbocycles. The lowest BCUT2D eigenvalue weighted by atomic mass is 10.1. The van der Waals surface area contributed by atoms with Gasteiger partial charge in [0.15, 0.2) is 0 Å². The van der Waals surface area contributed by atoms with Gasteiger partial charge in [0.25, 0.3) is 5.91 Å². The van der Waals surface area contributed by atoms with E-state index in [0.29, 0.717) is 25.2 Å². The predicted molar refractivity (Wildman–Crippen MR) is 83.9 cm³/mol. The van der Waals surface area contributed by atoms with Crippen molar-refractivity contribution in [2.24, 2.45) is 5.73 Å². The first-order chi connectivity index (χ1) is 10.2. The van der Waals surface area contributed by atoms with Gasteiger partial charge < -0.3 is 15.8 Å². The highest BCUT2D eigenvalue weighted by Gasteiger charge is 2.10. The summed E-state index contributed by atoms with van der Waals surface area (Å²) in [4.78, 5) is 16.2. The third-order valence-corrected chi connectivity index (χ3v) is 3.92. The number of benzene rings is 1. The number of ether oxygens (including phenoxy) is 1. The first-order valence-electron chi connectivity index (χ1n) is 6.79. The maximum Gasteiger partial charge on any atom is 0.270 e. The molecule has 0 bridgehead atoms.